The predicted octanol–water partition coefficient (Wildman–Crippen LogP) is 4.21. The van der Waals surface area contributed by atoms with Crippen LogP contribution in [0.1, 0.15) is 49.8 Å². The van der Waals surface area contributed by atoms with E-state index in [4.69, 9.17) is 4.74 Å². The van der Waals surface area contributed by atoms with E-state index in [0.29, 0.717) is 6.61 Å². The summed E-state index contributed by atoms with van der Waals surface area (Å²) >= 11 is 0. The topological polar surface area (TPSA) is 55.4 Å². The molecular weight excluding hydrogens is 326 g/mol. The van der Waals surface area contributed by atoms with E-state index in [2.05, 4.69) is 17.4 Å². The largest absolute Gasteiger partial charge is 0.466 e. The van der Waals surface area contributed by atoms with Crippen molar-refractivity contribution in [2.24, 2.45) is 0 Å². The van der Waals surface area contributed by atoms with Crippen LogP contribution in [-0.2, 0) is 20.7 Å². The molecule has 0 heterocycles. The Morgan fingerprint density at radius 3 is 2.27 bits per heavy atom. The van der Waals surface area contributed by atoms with E-state index in [9.17, 15) is 9.59 Å². The monoisotopic (exact) mass is 353 g/mol. The molecule has 26 heavy (non-hydrogen) atoms. The van der Waals surface area contributed by atoms with Gasteiger partial charge in [-0.05, 0) is 30.4 Å². The molecule has 1 amide bonds. The van der Waals surface area contributed by atoms with Gasteiger partial charge in [0.2, 0.25) is 5.91 Å². The van der Waals surface area contributed by atoms with E-state index >= 15 is 0 Å². The third-order valence-electron chi connectivity index (χ3n) is 4.22. The summed E-state index contributed by atoms with van der Waals surface area (Å²) in [5.74, 6) is -0.442. The van der Waals surface area contributed by atoms with Gasteiger partial charge in [-0.1, -0.05) is 67.6 Å². The lowest BCUT2D eigenvalue weighted by molar-refractivity contribution is -0.145. The van der Waals surface area contributed by atoms with Crippen molar-refractivity contribution in [3.05, 3.63) is 71.8 Å². The Morgan fingerprint density at radius 2 is 1.62 bits per heavy atom. The summed E-state index contributed by atoms with van der Waals surface area (Å²) in [6.45, 7) is 2.41. The molecule has 4 heteroatoms. The van der Waals surface area contributed by atoms with E-state index in [1.54, 1.807) is 0 Å². The quantitative estimate of drug-likeness (QED) is 0.514. The standard InChI is InChI=1S/C22H27NO3/c1-2-20(19-13-7-4-8-14-19)23-21(24)15-16-22(25)26-17-9-12-18-10-5-3-6-11-18/h3-8,10-11,13-14,20H,2,9,12,15-17H2,1H3,(H,23,24). The van der Waals surface area contributed by atoms with Gasteiger partial charge in [0.05, 0.1) is 19.1 Å². The molecular formula is C22H27NO3. The first-order valence-electron chi connectivity index (χ1n) is 9.23. The van der Waals surface area contributed by atoms with Gasteiger partial charge in [0.25, 0.3) is 0 Å². The Hall–Kier alpha value is -2.62. The molecule has 0 saturated carbocycles. The smallest absolute Gasteiger partial charge is 0.306 e. The fourth-order valence-corrected chi connectivity index (χ4v) is 2.77. The average molecular weight is 353 g/mol. The molecule has 2 aromatic carbocycles. The lowest BCUT2D eigenvalue weighted by Crippen LogP contribution is -2.28. The number of aryl methyl sites for hydroxylation is 1. The van der Waals surface area contributed by atoms with Gasteiger partial charge in [-0.25, -0.2) is 0 Å². The first-order valence-corrected chi connectivity index (χ1v) is 9.23. The molecule has 4 nitrogen and oxygen atoms in total. The van der Waals surface area contributed by atoms with Crippen LogP contribution in [-0.4, -0.2) is 18.5 Å². The van der Waals surface area contributed by atoms with Crippen molar-refractivity contribution in [2.45, 2.75) is 45.1 Å². The van der Waals surface area contributed by atoms with Gasteiger partial charge in [-0.2, -0.15) is 0 Å². The molecule has 0 aliphatic heterocycles. The van der Waals surface area contributed by atoms with Crippen LogP contribution in [0.15, 0.2) is 60.7 Å². The van der Waals surface area contributed by atoms with E-state index in [1.807, 2.05) is 55.5 Å². The van der Waals surface area contributed by atoms with Crippen molar-refractivity contribution < 1.29 is 14.3 Å². The Bertz CT molecular complexity index is 670. The van der Waals surface area contributed by atoms with E-state index < -0.39 is 0 Å². The lowest BCUT2D eigenvalue weighted by atomic mass is 10.0. The van der Waals surface area contributed by atoms with Gasteiger partial charge in [0.1, 0.15) is 0 Å². The van der Waals surface area contributed by atoms with Crippen LogP contribution in [0.5, 0.6) is 0 Å². The number of benzene rings is 2. The summed E-state index contributed by atoms with van der Waals surface area (Å²) in [6, 6.07) is 19.9. The van der Waals surface area contributed by atoms with Crippen LogP contribution in [0, 0.1) is 0 Å². The molecule has 2 aromatic rings. The molecule has 1 unspecified atom stereocenters. The molecule has 0 spiro atoms. The zero-order chi connectivity index (χ0) is 18.6. The summed E-state index contributed by atoms with van der Waals surface area (Å²) < 4.78 is 5.21. The molecule has 0 saturated heterocycles. The zero-order valence-corrected chi connectivity index (χ0v) is 15.3. The van der Waals surface area contributed by atoms with E-state index in [1.165, 1.54) is 5.56 Å². The number of ether oxygens (including phenoxy) is 1. The lowest BCUT2D eigenvalue weighted by Gasteiger charge is -2.17. The van der Waals surface area contributed by atoms with Crippen molar-refractivity contribution >= 4 is 11.9 Å². The van der Waals surface area contributed by atoms with Crippen LogP contribution in [0.3, 0.4) is 0 Å². The summed E-state index contributed by atoms with van der Waals surface area (Å²) in [4.78, 5) is 23.9. The summed E-state index contributed by atoms with van der Waals surface area (Å²) in [6.07, 6.45) is 2.74. The van der Waals surface area contributed by atoms with Crippen molar-refractivity contribution in [1.82, 2.24) is 5.32 Å². The molecule has 0 radical (unpaired) electrons. The van der Waals surface area contributed by atoms with Crippen LogP contribution in [0.25, 0.3) is 0 Å². The number of rotatable bonds is 10. The third-order valence-corrected chi connectivity index (χ3v) is 4.22. The first-order chi connectivity index (χ1) is 12.7. The number of carbonyl (C=O) groups excluding carboxylic acids is 2. The van der Waals surface area contributed by atoms with Crippen LogP contribution >= 0.6 is 0 Å². The summed E-state index contributed by atoms with van der Waals surface area (Å²) in [5, 5.41) is 2.98. The van der Waals surface area contributed by atoms with E-state index in [-0.39, 0.29) is 30.8 Å². The minimum atomic E-state index is -0.319. The zero-order valence-electron chi connectivity index (χ0n) is 15.3. The molecule has 0 bridgehead atoms. The Kier molecular flexibility index (Phi) is 8.40. The highest BCUT2D eigenvalue weighted by Crippen LogP contribution is 2.16. The minimum absolute atomic E-state index is 0.0226. The highest BCUT2D eigenvalue weighted by Gasteiger charge is 2.14. The Labute approximate surface area is 155 Å². The van der Waals surface area contributed by atoms with Crippen molar-refractivity contribution in [2.75, 3.05) is 6.61 Å². The summed E-state index contributed by atoms with van der Waals surface area (Å²) in [7, 11) is 0. The van der Waals surface area contributed by atoms with Gasteiger partial charge >= 0.3 is 5.97 Å². The minimum Gasteiger partial charge on any atom is -0.466 e. The second kappa shape index (κ2) is 11.1. The average Bonchev–Trinajstić information content (AvgIpc) is 2.69. The fraction of sp³-hybridized carbons (Fsp3) is 0.364. The van der Waals surface area contributed by atoms with E-state index in [0.717, 1.165) is 24.8 Å². The number of esters is 1. The Balaban J connectivity index is 1.62. The first kappa shape index (κ1) is 19.7. The molecule has 0 fully saturated rings. The number of carbonyl (C=O) groups is 2. The SMILES string of the molecule is CCC(NC(=O)CCC(=O)OCCCc1ccccc1)c1ccccc1. The number of amides is 1. The molecule has 1 N–H and O–H groups in total. The summed E-state index contributed by atoms with van der Waals surface area (Å²) in [5.41, 5.74) is 2.31. The van der Waals surface area contributed by atoms with Crippen LogP contribution in [0.4, 0.5) is 0 Å². The molecule has 0 aromatic heterocycles. The second-order valence-corrected chi connectivity index (χ2v) is 6.25. The predicted molar refractivity (Wildman–Crippen MR) is 103 cm³/mol. The highest BCUT2D eigenvalue weighted by molar-refractivity contribution is 5.81. The maximum atomic E-state index is 12.1. The van der Waals surface area contributed by atoms with Gasteiger partial charge in [0.15, 0.2) is 0 Å². The van der Waals surface area contributed by atoms with Crippen LogP contribution < -0.4 is 5.32 Å². The van der Waals surface area contributed by atoms with Gasteiger partial charge in [0, 0.05) is 6.42 Å². The maximum Gasteiger partial charge on any atom is 0.306 e. The molecule has 1 atom stereocenters. The Morgan fingerprint density at radius 1 is 0.962 bits per heavy atom. The van der Waals surface area contributed by atoms with Gasteiger partial charge < -0.3 is 10.1 Å². The highest BCUT2D eigenvalue weighted by atomic mass is 16.5. The van der Waals surface area contributed by atoms with Crippen molar-refractivity contribution in [1.29, 1.82) is 0 Å². The number of hydrogen-bond donors (Lipinski definition) is 1. The molecule has 138 valence electrons. The van der Waals surface area contributed by atoms with Crippen molar-refractivity contribution in [3.8, 4) is 0 Å². The number of hydrogen-bond acceptors (Lipinski definition) is 3. The number of nitrogens with one attached hydrogen (secondary N) is 1. The van der Waals surface area contributed by atoms with Crippen molar-refractivity contribution in [3.63, 3.8) is 0 Å². The molecule has 0 aliphatic rings. The third kappa shape index (κ3) is 7.09. The normalized spacial score (nSPS) is 11.6. The van der Waals surface area contributed by atoms with Gasteiger partial charge in [-0.15, -0.1) is 0 Å². The second-order valence-electron chi connectivity index (χ2n) is 6.25. The molecule has 0 aliphatic carbocycles. The van der Waals surface area contributed by atoms with Crippen LogP contribution in [0.2, 0.25) is 0 Å². The fourth-order valence-electron chi connectivity index (χ4n) is 2.77. The van der Waals surface area contributed by atoms with Gasteiger partial charge in [-0.3, -0.25) is 9.59 Å². The molecule has 2 rings (SSSR count). The maximum absolute atomic E-state index is 12.1.